The molecule has 2 aromatic rings. The number of benzene rings is 1. The van der Waals surface area contributed by atoms with Crippen LogP contribution in [0.25, 0.3) is 0 Å². The van der Waals surface area contributed by atoms with Gasteiger partial charge in [-0.25, -0.2) is 9.37 Å². The largest absolute Gasteiger partial charge is 0.378 e. The Balaban J connectivity index is 2.18. The van der Waals surface area contributed by atoms with E-state index in [9.17, 15) is 4.39 Å². The van der Waals surface area contributed by atoms with Crippen LogP contribution in [0.15, 0.2) is 18.2 Å². The summed E-state index contributed by atoms with van der Waals surface area (Å²) in [6.07, 6.45) is 0. The van der Waals surface area contributed by atoms with E-state index in [-0.39, 0.29) is 11.9 Å². The van der Waals surface area contributed by atoms with Crippen molar-refractivity contribution in [2.75, 3.05) is 5.32 Å². The summed E-state index contributed by atoms with van der Waals surface area (Å²) in [4.78, 5) is 5.61. The minimum atomic E-state index is -0.176. The SMILES string of the molecule is Cc1nc(C)c(C(C)Nc2ccc(C)c(F)c2)s1. The summed E-state index contributed by atoms with van der Waals surface area (Å²) < 4.78 is 13.5. The van der Waals surface area contributed by atoms with E-state index in [0.717, 1.165) is 16.4 Å². The standard InChI is InChI=1S/C14H17FN2S/c1-8-5-6-12(7-13(8)15)17-10(3)14-9(2)16-11(4)18-14/h5-7,10,17H,1-4H3. The maximum atomic E-state index is 13.5. The number of aryl methyl sites for hydroxylation is 3. The molecule has 0 aliphatic heterocycles. The van der Waals surface area contributed by atoms with Crippen molar-refractivity contribution in [1.29, 1.82) is 0 Å². The molecule has 0 aliphatic rings. The number of nitrogens with zero attached hydrogens (tertiary/aromatic N) is 1. The predicted molar refractivity (Wildman–Crippen MR) is 74.8 cm³/mol. The second kappa shape index (κ2) is 5.06. The van der Waals surface area contributed by atoms with E-state index in [0.29, 0.717) is 5.56 Å². The van der Waals surface area contributed by atoms with Gasteiger partial charge < -0.3 is 5.32 Å². The molecule has 4 heteroatoms. The van der Waals surface area contributed by atoms with Crippen LogP contribution in [0.1, 0.15) is 34.1 Å². The first-order chi connectivity index (χ1) is 8.47. The average Bonchev–Trinajstić information content (AvgIpc) is 2.63. The number of rotatable bonds is 3. The molecule has 18 heavy (non-hydrogen) atoms. The Labute approximate surface area is 111 Å². The number of halogens is 1. The van der Waals surface area contributed by atoms with Crippen LogP contribution >= 0.6 is 11.3 Å². The maximum absolute atomic E-state index is 13.5. The van der Waals surface area contributed by atoms with E-state index in [1.54, 1.807) is 24.3 Å². The highest BCUT2D eigenvalue weighted by Gasteiger charge is 2.13. The average molecular weight is 264 g/mol. The zero-order valence-corrected chi connectivity index (χ0v) is 11.9. The highest BCUT2D eigenvalue weighted by Crippen LogP contribution is 2.27. The molecular weight excluding hydrogens is 247 g/mol. The van der Waals surface area contributed by atoms with Crippen molar-refractivity contribution in [3.8, 4) is 0 Å². The van der Waals surface area contributed by atoms with E-state index in [1.165, 1.54) is 10.9 Å². The minimum Gasteiger partial charge on any atom is -0.378 e. The Hall–Kier alpha value is -1.42. The Morgan fingerprint density at radius 2 is 2.00 bits per heavy atom. The third-order valence-electron chi connectivity index (χ3n) is 2.89. The van der Waals surface area contributed by atoms with Crippen LogP contribution in [0.5, 0.6) is 0 Å². The third-order valence-corrected chi connectivity index (χ3v) is 4.14. The second-order valence-corrected chi connectivity index (χ2v) is 5.75. The van der Waals surface area contributed by atoms with E-state index in [4.69, 9.17) is 0 Å². The van der Waals surface area contributed by atoms with Crippen LogP contribution in [-0.2, 0) is 0 Å². The lowest BCUT2D eigenvalue weighted by Gasteiger charge is -2.14. The van der Waals surface area contributed by atoms with E-state index < -0.39 is 0 Å². The van der Waals surface area contributed by atoms with Crippen molar-refractivity contribution in [3.63, 3.8) is 0 Å². The van der Waals surface area contributed by atoms with Gasteiger partial charge in [0.25, 0.3) is 0 Å². The number of anilines is 1. The number of hydrogen-bond acceptors (Lipinski definition) is 3. The molecule has 0 spiro atoms. The Bertz CT molecular complexity index is 563. The van der Waals surface area contributed by atoms with Gasteiger partial charge >= 0.3 is 0 Å². The molecular formula is C14H17FN2S. The van der Waals surface area contributed by atoms with Crippen molar-refractivity contribution in [2.24, 2.45) is 0 Å². The van der Waals surface area contributed by atoms with Crippen LogP contribution in [0.4, 0.5) is 10.1 Å². The van der Waals surface area contributed by atoms with Gasteiger partial charge in [0.15, 0.2) is 0 Å². The summed E-state index contributed by atoms with van der Waals surface area (Å²) in [5.41, 5.74) is 2.51. The monoisotopic (exact) mass is 264 g/mol. The molecule has 0 fully saturated rings. The quantitative estimate of drug-likeness (QED) is 0.889. The van der Waals surface area contributed by atoms with Gasteiger partial charge in [-0.3, -0.25) is 0 Å². The zero-order valence-electron chi connectivity index (χ0n) is 11.0. The summed E-state index contributed by atoms with van der Waals surface area (Å²) in [7, 11) is 0. The molecule has 1 unspecified atom stereocenters. The zero-order chi connectivity index (χ0) is 13.3. The molecule has 0 saturated heterocycles. The molecule has 1 N–H and O–H groups in total. The smallest absolute Gasteiger partial charge is 0.128 e. The number of nitrogens with one attached hydrogen (secondary N) is 1. The molecule has 2 nitrogen and oxygen atoms in total. The lowest BCUT2D eigenvalue weighted by Crippen LogP contribution is -2.06. The lowest BCUT2D eigenvalue weighted by atomic mass is 10.2. The topological polar surface area (TPSA) is 24.9 Å². The third kappa shape index (κ3) is 2.70. The van der Waals surface area contributed by atoms with Gasteiger partial charge in [-0.05, 0) is 45.4 Å². The van der Waals surface area contributed by atoms with Gasteiger partial charge in [0.2, 0.25) is 0 Å². The van der Waals surface area contributed by atoms with Gasteiger partial charge in [0, 0.05) is 10.6 Å². The van der Waals surface area contributed by atoms with Crippen molar-refractivity contribution in [2.45, 2.75) is 33.7 Å². The predicted octanol–water partition coefficient (Wildman–Crippen LogP) is 4.38. The number of hydrogen-bond donors (Lipinski definition) is 1. The highest BCUT2D eigenvalue weighted by atomic mass is 32.1. The summed E-state index contributed by atoms with van der Waals surface area (Å²) >= 11 is 1.68. The first-order valence-electron chi connectivity index (χ1n) is 5.94. The van der Waals surface area contributed by atoms with Crippen molar-refractivity contribution in [1.82, 2.24) is 4.98 Å². The molecule has 0 radical (unpaired) electrons. The van der Waals surface area contributed by atoms with Crippen LogP contribution < -0.4 is 5.32 Å². The molecule has 1 aromatic heterocycles. The first-order valence-corrected chi connectivity index (χ1v) is 6.75. The first kappa shape index (κ1) is 13.0. The molecule has 1 aromatic carbocycles. The van der Waals surface area contributed by atoms with Gasteiger partial charge in [-0.15, -0.1) is 11.3 Å². The van der Waals surface area contributed by atoms with Crippen LogP contribution in [-0.4, -0.2) is 4.98 Å². The maximum Gasteiger partial charge on any atom is 0.128 e. The normalized spacial score (nSPS) is 12.5. The molecule has 2 rings (SSSR count). The number of aromatic nitrogens is 1. The van der Waals surface area contributed by atoms with Gasteiger partial charge in [-0.1, -0.05) is 6.07 Å². The van der Waals surface area contributed by atoms with Crippen molar-refractivity contribution in [3.05, 3.63) is 45.2 Å². The lowest BCUT2D eigenvalue weighted by molar-refractivity contribution is 0.618. The fourth-order valence-electron chi connectivity index (χ4n) is 1.95. The number of thiazole rings is 1. The molecule has 0 aliphatic carbocycles. The molecule has 96 valence electrons. The molecule has 0 amide bonds. The molecule has 1 atom stereocenters. The van der Waals surface area contributed by atoms with Crippen LogP contribution in [0, 0.1) is 26.6 Å². The van der Waals surface area contributed by atoms with Gasteiger partial charge in [0.05, 0.1) is 16.7 Å². The summed E-state index contributed by atoms with van der Waals surface area (Å²) in [5, 5.41) is 4.37. The van der Waals surface area contributed by atoms with Gasteiger partial charge in [0.1, 0.15) is 5.82 Å². The van der Waals surface area contributed by atoms with Crippen molar-refractivity contribution < 1.29 is 4.39 Å². The van der Waals surface area contributed by atoms with E-state index >= 15 is 0 Å². The van der Waals surface area contributed by atoms with Crippen molar-refractivity contribution >= 4 is 17.0 Å². The molecule has 0 saturated carbocycles. The summed E-state index contributed by atoms with van der Waals surface area (Å²) in [5.74, 6) is -0.176. The fourth-order valence-corrected chi connectivity index (χ4v) is 2.88. The minimum absolute atomic E-state index is 0.137. The summed E-state index contributed by atoms with van der Waals surface area (Å²) in [6.45, 7) is 7.84. The van der Waals surface area contributed by atoms with Crippen LogP contribution in [0.2, 0.25) is 0 Å². The van der Waals surface area contributed by atoms with Gasteiger partial charge in [-0.2, -0.15) is 0 Å². The Morgan fingerprint density at radius 3 is 2.56 bits per heavy atom. The molecule has 0 bridgehead atoms. The fraction of sp³-hybridized carbons (Fsp3) is 0.357. The highest BCUT2D eigenvalue weighted by molar-refractivity contribution is 7.11. The van der Waals surface area contributed by atoms with E-state index in [1.807, 2.05) is 19.9 Å². The van der Waals surface area contributed by atoms with E-state index in [2.05, 4.69) is 17.2 Å². The Kier molecular flexibility index (Phi) is 3.66. The van der Waals surface area contributed by atoms with Crippen LogP contribution in [0.3, 0.4) is 0 Å². The second-order valence-electron chi connectivity index (χ2n) is 4.51. The summed E-state index contributed by atoms with van der Waals surface area (Å²) in [6, 6.07) is 5.36. The Morgan fingerprint density at radius 1 is 1.28 bits per heavy atom. The molecule has 1 heterocycles.